The highest BCUT2D eigenvalue weighted by molar-refractivity contribution is 9.10. The molecular weight excluding hydrogens is 298 g/mol. The van der Waals surface area contributed by atoms with Crippen molar-refractivity contribution in [2.75, 3.05) is 0 Å². The number of nitrogens with one attached hydrogen (secondary N) is 1. The number of carbonyl (C=O) groups is 2. The van der Waals surface area contributed by atoms with E-state index in [1.54, 1.807) is 0 Å². The predicted molar refractivity (Wildman–Crippen MR) is 69.9 cm³/mol. The zero-order valence-electron chi connectivity index (χ0n) is 9.78. The second-order valence-corrected chi connectivity index (χ2v) is 5.47. The summed E-state index contributed by atoms with van der Waals surface area (Å²) in [5.41, 5.74) is -0.235. The summed E-state index contributed by atoms with van der Waals surface area (Å²) in [7, 11) is 0. The van der Waals surface area contributed by atoms with Gasteiger partial charge in [0.25, 0.3) is 0 Å². The lowest BCUT2D eigenvalue weighted by Crippen LogP contribution is -2.50. The van der Waals surface area contributed by atoms with Crippen molar-refractivity contribution in [1.29, 1.82) is 0 Å². The largest absolute Gasteiger partial charge is 0.480 e. The molecule has 1 aromatic rings. The Morgan fingerprint density at radius 1 is 1.28 bits per heavy atom. The summed E-state index contributed by atoms with van der Waals surface area (Å²) in [6.45, 7) is 0.362. The Labute approximate surface area is 114 Å². The lowest BCUT2D eigenvalue weighted by molar-refractivity contribution is -0.162. The maximum absolute atomic E-state index is 11.9. The Bertz CT molecular complexity index is 466. The van der Waals surface area contributed by atoms with E-state index in [9.17, 15) is 9.59 Å². The van der Waals surface area contributed by atoms with Crippen molar-refractivity contribution < 1.29 is 14.7 Å². The van der Waals surface area contributed by atoms with Crippen LogP contribution >= 0.6 is 15.9 Å². The molecule has 0 spiro atoms. The highest BCUT2D eigenvalue weighted by Gasteiger charge is 2.50. The van der Waals surface area contributed by atoms with Gasteiger partial charge in [-0.1, -0.05) is 34.5 Å². The van der Waals surface area contributed by atoms with E-state index in [1.165, 1.54) is 0 Å². The second-order valence-electron chi connectivity index (χ2n) is 4.55. The first-order valence-electron chi connectivity index (χ1n) is 5.81. The molecule has 96 valence electrons. The van der Waals surface area contributed by atoms with Crippen LogP contribution in [0.5, 0.6) is 0 Å². The predicted octanol–water partition coefficient (Wildman–Crippen LogP) is 2.32. The zero-order valence-corrected chi connectivity index (χ0v) is 11.4. The minimum absolute atomic E-state index is 0.362. The van der Waals surface area contributed by atoms with E-state index >= 15 is 0 Å². The van der Waals surface area contributed by atoms with Crippen molar-refractivity contribution >= 4 is 27.8 Å². The maximum atomic E-state index is 11.9. The van der Waals surface area contributed by atoms with Crippen molar-refractivity contribution in [2.45, 2.75) is 25.8 Å². The summed E-state index contributed by atoms with van der Waals surface area (Å²) in [4.78, 5) is 23.1. The average molecular weight is 312 g/mol. The third-order valence-corrected chi connectivity index (χ3v) is 3.95. The molecule has 0 saturated heterocycles. The molecule has 0 aliphatic heterocycles. The van der Waals surface area contributed by atoms with Crippen molar-refractivity contribution in [1.82, 2.24) is 5.32 Å². The third-order valence-electron chi connectivity index (χ3n) is 3.42. The molecule has 1 fully saturated rings. The maximum Gasteiger partial charge on any atom is 0.319 e. The normalized spacial score (nSPS) is 16.7. The van der Waals surface area contributed by atoms with Gasteiger partial charge in [0, 0.05) is 11.0 Å². The number of carbonyl (C=O) groups excluding carboxylic acids is 1. The van der Waals surface area contributed by atoms with Gasteiger partial charge < -0.3 is 10.4 Å². The van der Waals surface area contributed by atoms with Crippen molar-refractivity contribution in [3.8, 4) is 0 Å². The number of carboxylic acid groups (broad SMARTS) is 1. The number of hydrogen-bond acceptors (Lipinski definition) is 2. The highest BCUT2D eigenvalue weighted by atomic mass is 79.9. The third kappa shape index (κ3) is 2.41. The molecule has 2 rings (SSSR count). The first kappa shape index (κ1) is 13.1. The van der Waals surface area contributed by atoms with Crippen molar-refractivity contribution in [3.05, 3.63) is 34.3 Å². The fraction of sp³-hybridized carbons (Fsp3) is 0.385. The first-order chi connectivity index (χ1) is 8.54. The minimum atomic E-state index is -1.19. The van der Waals surface area contributed by atoms with E-state index < -0.39 is 11.4 Å². The van der Waals surface area contributed by atoms with Crippen LogP contribution in [0.2, 0.25) is 0 Å². The molecule has 0 unspecified atom stereocenters. The van der Waals surface area contributed by atoms with Gasteiger partial charge >= 0.3 is 5.97 Å². The van der Waals surface area contributed by atoms with Crippen LogP contribution in [0.15, 0.2) is 28.7 Å². The molecule has 0 bridgehead atoms. The van der Waals surface area contributed by atoms with Crippen molar-refractivity contribution in [2.24, 2.45) is 5.41 Å². The van der Waals surface area contributed by atoms with E-state index in [1.807, 2.05) is 24.3 Å². The number of halogens is 1. The molecule has 1 aliphatic rings. The average Bonchev–Trinajstić information content (AvgIpc) is 2.26. The number of carboxylic acids is 1. The fourth-order valence-electron chi connectivity index (χ4n) is 2.02. The minimum Gasteiger partial charge on any atom is -0.480 e. The van der Waals surface area contributed by atoms with Crippen LogP contribution in [-0.4, -0.2) is 17.0 Å². The molecule has 0 aromatic heterocycles. The fourth-order valence-corrected chi connectivity index (χ4v) is 2.29. The van der Waals surface area contributed by atoms with Gasteiger partial charge in [0.05, 0.1) is 0 Å². The molecule has 0 radical (unpaired) electrons. The quantitative estimate of drug-likeness (QED) is 0.839. The number of aliphatic carboxylic acids is 1. The van der Waals surface area contributed by atoms with E-state index in [-0.39, 0.29) is 5.91 Å². The highest BCUT2D eigenvalue weighted by Crippen LogP contribution is 2.41. The molecule has 1 aliphatic carbocycles. The van der Waals surface area contributed by atoms with Crippen LogP contribution in [0.25, 0.3) is 0 Å². The SMILES string of the molecule is O=C(O)C1(C(=O)NCc2ccc(Br)cc2)CCC1. The molecule has 1 amide bonds. The standard InChI is InChI=1S/C13H14BrNO3/c14-10-4-2-9(3-5-10)8-15-11(16)13(12(17)18)6-1-7-13/h2-5H,1,6-8H2,(H,15,16)(H,17,18). The van der Waals surface area contributed by atoms with Gasteiger partial charge in [0.15, 0.2) is 0 Å². The van der Waals surface area contributed by atoms with Crippen molar-refractivity contribution in [3.63, 3.8) is 0 Å². The summed E-state index contributed by atoms with van der Waals surface area (Å²) in [5, 5.41) is 11.8. The molecule has 0 atom stereocenters. The molecular formula is C13H14BrNO3. The Balaban J connectivity index is 1.96. The van der Waals surface area contributed by atoms with E-state index in [2.05, 4.69) is 21.2 Å². The molecule has 2 N–H and O–H groups in total. The van der Waals surface area contributed by atoms with Gasteiger partial charge in [-0.2, -0.15) is 0 Å². The smallest absolute Gasteiger partial charge is 0.319 e. The summed E-state index contributed by atoms with van der Waals surface area (Å²) < 4.78 is 0.971. The Morgan fingerprint density at radius 3 is 2.33 bits per heavy atom. The lowest BCUT2D eigenvalue weighted by atomic mass is 9.68. The summed E-state index contributed by atoms with van der Waals surface area (Å²) in [5.74, 6) is -1.38. The topological polar surface area (TPSA) is 66.4 Å². The van der Waals surface area contributed by atoms with E-state index in [0.717, 1.165) is 16.5 Å². The Morgan fingerprint density at radius 2 is 1.89 bits per heavy atom. The molecule has 1 aromatic carbocycles. The van der Waals surface area contributed by atoms with E-state index in [0.29, 0.717) is 19.4 Å². The monoisotopic (exact) mass is 311 g/mol. The molecule has 4 nitrogen and oxygen atoms in total. The summed E-state index contributed by atoms with van der Waals surface area (Å²) >= 11 is 3.33. The second kappa shape index (κ2) is 5.10. The number of benzene rings is 1. The summed E-state index contributed by atoms with van der Waals surface area (Å²) in [6.07, 6.45) is 1.68. The van der Waals surface area contributed by atoms with Crippen LogP contribution in [0.4, 0.5) is 0 Å². The Hall–Kier alpha value is -1.36. The lowest BCUT2D eigenvalue weighted by Gasteiger charge is -2.35. The van der Waals surface area contributed by atoms with Crippen LogP contribution in [0.3, 0.4) is 0 Å². The molecule has 0 heterocycles. The molecule has 1 saturated carbocycles. The first-order valence-corrected chi connectivity index (χ1v) is 6.60. The van der Waals surface area contributed by atoms with Crippen LogP contribution in [0.1, 0.15) is 24.8 Å². The number of hydrogen-bond donors (Lipinski definition) is 2. The van der Waals surface area contributed by atoms with Gasteiger partial charge in [-0.05, 0) is 30.5 Å². The number of rotatable bonds is 4. The van der Waals surface area contributed by atoms with Crippen LogP contribution < -0.4 is 5.32 Å². The van der Waals surface area contributed by atoms with E-state index in [4.69, 9.17) is 5.11 Å². The van der Waals surface area contributed by atoms with Gasteiger partial charge in [-0.3, -0.25) is 9.59 Å². The molecule has 5 heteroatoms. The van der Waals surface area contributed by atoms with Crippen LogP contribution in [-0.2, 0) is 16.1 Å². The van der Waals surface area contributed by atoms with Gasteiger partial charge in [-0.15, -0.1) is 0 Å². The van der Waals surface area contributed by atoms with Gasteiger partial charge in [0.2, 0.25) is 5.91 Å². The van der Waals surface area contributed by atoms with Crippen LogP contribution in [0, 0.1) is 5.41 Å². The zero-order chi connectivity index (χ0) is 13.2. The summed E-state index contributed by atoms with van der Waals surface area (Å²) in [6, 6.07) is 7.55. The Kier molecular flexibility index (Phi) is 3.71. The van der Waals surface area contributed by atoms with Gasteiger partial charge in [0.1, 0.15) is 5.41 Å². The van der Waals surface area contributed by atoms with Gasteiger partial charge in [-0.25, -0.2) is 0 Å². The molecule has 18 heavy (non-hydrogen) atoms. The number of amides is 1.